The average Bonchev–Trinajstić information content (AvgIpc) is 3.08. The van der Waals surface area contributed by atoms with Gasteiger partial charge < -0.3 is 9.88 Å². The molecule has 0 spiro atoms. The van der Waals surface area contributed by atoms with Crippen molar-refractivity contribution in [2.45, 2.75) is 32.6 Å². The van der Waals surface area contributed by atoms with Crippen LogP contribution in [0.1, 0.15) is 34.6 Å². The van der Waals surface area contributed by atoms with Gasteiger partial charge in [-0.25, -0.2) is 0 Å². The molecule has 30 heavy (non-hydrogen) atoms. The molecule has 3 aromatic carbocycles. The number of aryl methyl sites for hydroxylation is 3. The number of anilines is 1. The predicted molar refractivity (Wildman–Crippen MR) is 125 cm³/mol. The number of aromatic nitrogens is 1. The van der Waals surface area contributed by atoms with E-state index < -0.39 is 0 Å². The van der Waals surface area contributed by atoms with Crippen LogP contribution in [0, 0.1) is 13.8 Å². The van der Waals surface area contributed by atoms with Gasteiger partial charge in [0, 0.05) is 36.3 Å². The van der Waals surface area contributed by atoms with E-state index in [2.05, 4.69) is 91.6 Å². The molecular weight excluding hydrogens is 368 g/mol. The maximum Gasteiger partial charge on any atom is 0.224 e. The number of fused-ring (bicyclic) bond motifs is 1. The van der Waals surface area contributed by atoms with E-state index in [4.69, 9.17) is 0 Å². The molecule has 3 nitrogen and oxygen atoms in total. The largest absolute Gasteiger partial charge is 0.350 e. The van der Waals surface area contributed by atoms with Gasteiger partial charge in [0.05, 0.1) is 0 Å². The van der Waals surface area contributed by atoms with Gasteiger partial charge in [-0.1, -0.05) is 54.6 Å². The van der Waals surface area contributed by atoms with Crippen LogP contribution in [0.5, 0.6) is 0 Å². The fourth-order valence-corrected chi connectivity index (χ4v) is 4.14. The predicted octanol–water partition coefficient (Wildman–Crippen LogP) is 6.15. The van der Waals surface area contributed by atoms with Crippen molar-refractivity contribution >= 4 is 22.5 Å². The fourth-order valence-electron chi connectivity index (χ4n) is 4.14. The zero-order valence-electron chi connectivity index (χ0n) is 17.9. The molecule has 1 heterocycles. The number of benzene rings is 3. The van der Waals surface area contributed by atoms with Crippen molar-refractivity contribution in [1.29, 1.82) is 0 Å². The van der Waals surface area contributed by atoms with Gasteiger partial charge in [0.15, 0.2) is 0 Å². The molecule has 1 amide bonds. The number of para-hydroxylation sites is 1. The summed E-state index contributed by atoms with van der Waals surface area (Å²) in [4.78, 5) is 13.0. The highest BCUT2D eigenvalue weighted by molar-refractivity contribution is 5.92. The Kier molecular flexibility index (Phi) is 5.71. The summed E-state index contributed by atoms with van der Waals surface area (Å²) < 4.78 is 2.16. The van der Waals surface area contributed by atoms with Crippen LogP contribution < -0.4 is 5.32 Å². The zero-order chi connectivity index (χ0) is 21.1. The van der Waals surface area contributed by atoms with E-state index in [1.807, 2.05) is 18.2 Å². The topological polar surface area (TPSA) is 34.0 Å². The standard InChI is InChI=1S/C27H28N2O/c1-19-13-14-23(15-20(19)2)28-27(30)17-22(16-21-9-5-4-6-10-21)25-18-29(3)26-12-8-7-11-24(25)26/h4-15,18,22H,16-17H2,1-3H3,(H,28,30). The van der Waals surface area contributed by atoms with Crippen LogP contribution >= 0.6 is 0 Å². The molecule has 0 bridgehead atoms. The molecule has 1 N–H and O–H groups in total. The minimum atomic E-state index is 0.0483. The molecule has 3 heteroatoms. The van der Waals surface area contributed by atoms with Gasteiger partial charge >= 0.3 is 0 Å². The highest BCUT2D eigenvalue weighted by Gasteiger charge is 2.21. The Hall–Kier alpha value is -3.33. The van der Waals surface area contributed by atoms with Gasteiger partial charge in [-0.15, -0.1) is 0 Å². The lowest BCUT2D eigenvalue weighted by atomic mass is 9.88. The van der Waals surface area contributed by atoms with E-state index in [0.29, 0.717) is 6.42 Å². The molecule has 0 saturated carbocycles. The molecule has 4 rings (SSSR count). The molecule has 1 unspecified atom stereocenters. The van der Waals surface area contributed by atoms with E-state index in [0.717, 1.165) is 12.1 Å². The number of hydrogen-bond acceptors (Lipinski definition) is 1. The third-order valence-corrected chi connectivity index (χ3v) is 5.91. The molecule has 0 saturated heterocycles. The van der Waals surface area contributed by atoms with E-state index in [1.54, 1.807) is 0 Å². The first kappa shape index (κ1) is 20.0. The Morgan fingerprint density at radius 2 is 1.67 bits per heavy atom. The SMILES string of the molecule is Cc1ccc(NC(=O)CC(Cc2ccccc2)c2cn(C)c3ccccc23)cc1C. The number of nitrogens with zero attached hydrogens (tertiary/aromatic N) is 1. The Labute approximate surface area is 178 Å². The second-order valence-corrected chi connectivity index (χ2v) is 8.15. The van der Waals surface area contributed by atoms with Crippen molar-refractivity contribution in [2.75, 3.05) is 5.32 Å². The maximum atomic E-state index is 13.0. The van der Waals surface area contributed by atoms with Crippen LogP contribution in [0.3, 0.4) is 0 Å². The van der Waals surface area contributed by atoms with Crippen molar-refractivity contribution in [3.05, 3.63) is 101 Å². The van der Waals surface area contributed by atoms with Crippen LogP contribution in [0.4, 0.5) is 5.69 Å². The molecule has 0 aliphatic carbocycles. The fraction of sp³-hybridized carbons (Fsp3) is 0.222. The minimum Gasteiger partial charge on any atom is -0.350 e. The summed E-state index contributed by atoms with van der Waals surface area (Å²) in [6.07, 6.45) is 3.45. The van der Waals surface area contributed by atoms with E-state index >= 15 is 0 Å². The van der Waals surface area contributed by atoms with E-state index in [1.165, 1.54) is 33.2 Å². The van der Waals surface area contributed by atoms with Crippen molar-refractivity contribution in [3.63, 3.8) is 0 Å². The lowest BCUT2D eigenvalue weighted by Crippen LogP contribution is -2.17. The van der Waals surface area contributed by atoms with E-state index in [9.17, 15) is 4.79 Å². The lowest BCUT2D eigenvalue weighted by molar-refractivity contribution is -0.116. The van der Waals surface area contributed by atoms with Crippen LogP contribution in [0.15, 0.2) is 79.0 Å². The third-order valence-electron chi connectivity index (χ3n) is 5.91. The summed E-state index contributed by atoms with van der Waals surface area (Å²) in [5.41, 5.74) is 6.94. The van der Waals surface area contributed by atoms with Gasteiger partial charge in [0.25, 0.3) is 0 Å². The smallest absolute Gasteiger partial charge is 0.224 e. The third kappa shape index (κ3) is 4.30. The maximum absolute atomic E-state index is 13.0. The first-order valence-corrected chi connectivity index (χ1v) is 10.5. The van der Waals surface area contributed by atoms with Crippen LogP contribution in [0.2, 0.25) is 0 Å². The quantitative estimate of drug-likeness (QED) is 0.417. The normalized spacial score (nSPS) is 12.1. The summed E-state index contributed by atoms with van der Waals surface area (Å²) in [6.45, 7) is 4.15. The van der Waals surface area contributed by atoms with Gasteiger partial charge in [-0.05, 0) is 66.6 Å². The van der Waals surface area contributed by atoms with Gasteiger partial charge in [-0.2, -0.15) is 0 Å². The Balaban J connectivity index is 1.63. The number of rotatable bonds is 6. The van der Waals surface area contributed by atoms with Gasteiger partial charge in [0.2, 0.25) is 5.91 Å². The summed E-state index contributed by atoms with van der Waals surface area (Å²) in [6, 6.07) is 24.9. The zero-order valence-corrected chi connectivity index (χ0v) is 17.9. The second-order valence-electron chi connectivity index (χ2n) is 8.15. The lowest BCUT2D eigenvalue weighted by Gasteiger charge is -2.17. The van der Waals surface area contributed by atoms with Crippen LogP contribution in [-0.2, 0) is 18.3 Å². The summed E-state index contributed by atoms with van der Waals surface area (Å²) >= 11 is 0. The van der Waals surface area contributed by atoms with Gasteiger partial charge in [0.1, 0.15) is 0 Å². The molecule has 1 aromatic heterocycles. The van der Waals surface area contributed by atoms with E-state index in [-0.39, 0.29) is 11.8 Å². The molecule has 0 aliphatic heterocycles. The molecule has 0 radical (unpaired) electrons. The Morgan fingerprint density at radius 3 is 2.43 bits per heavy atom. The number of amides is 1. The number of carbonyl (C=O) groups is 1. The highest BCUT2D eigenvalue weighted by atomic mass is 16.1. The number of hydrogen-bond donors (Lipinski definition) is 1. The second kappa shape index (κ2) is 8.58. The van der Waals surface area contributed by atoms with Crippen molar-refractivity contribution in [3.8, 4) is 0 Å². The molecule has 4 aromatic rings. The molecule has 1 atom stereocenters. The van der Waals surface area contributed by atoms with Crippen molar-refractivity contribution in [1.82, 2.24) is 4.57 Å². The van der Waals surface area contributed by atoms with Crippen molar-refractivity contribution < 1.29 is 4.79 Å². The molecule has 152 valence electrons. The average molecular weight is 397 g/mol. The monoisotopic (exact) mass is 396 g/mol. The molecule has 0 aliphatic rings. The first-order chi connectivity index (χ1) is 14.5. The molecular formula is C27H28N2O. The summed E-state index contributed by atoms with van der Waals surface area (Å²) in [7, 11) is 2.07. The Morgan fingerprint density at radius 1 is 0.933 bits per heavy atom. The highest BCUT2D eigenvalue weighted by Crippen LogP contribution is 2.32. The van der Waals surface area contributed by atoms with Crippen LogP contribution in [-0.4, -0.2) is 10.5 Å². The number of nitrogens with one attached hydrogen (secondary N) is 1. The van der Waals surface area contributed by atoms with Crippen LogP contribution in [0.25, 0.3) is 10.9 Å². The summed E-state index contributed by atoms with van der Waals surface area (Å²) in [5.74, 6) is 0.150. The number of carbonyl (C=O) groups excluding carboxylic acids is 1. The van der Waals surface area contributed by atoms with Crippen molar-refractivity contribution in [2.24, 2.45) is 7.05 Å². The van der Waals surface area contributed by atoms with Gasteiger partial charge in [-0.3, -0.25) is 4.79 Å². The summed E-state index contributed by atoms with van der Waals surface area (Å²) in [5, 5.41) is 4.33. The Bertz CT molecular complexity index is 1170. The first-order valence-electron chi connectivity index (χ1n) is 10.5. The molecule has 0 fully saturated rings. The minimum absolute atomic E-state index is 0.0483.